The number of oxazole rings is 1. The Morgan fingerprint density at radius 3 is 2.89 bits per heavy atom. The predicted octanol–water partition coefficient (Wildman–Crippen LogP) is 4.86. The van der Waals surface area contributed by atoms with E-state index in [4.69, 9.17) is 10.2 Å². The van der Waals surface area contributed by atoms with Crippen molar-refractivity contribution in [2.75, 3.05) is 5.73 Å². The Morgan fingerprint density at radius 1 is 1.37 bits per heavy atom. The van der Waals surface area contributed by atoms with Gasteiger partial charge in [0.25, 0.3) is 0 Å². The molecule has 2 N–H and O–H groups in total. The van der Waals surface area contributed by atoms with Crippen molar-refractivity contribution >= 4 is 32.7 Å². The first-order chi connectivity index (χ1) is 8.97. The summed E-state index contributed by atoms with van der Waals surface area (Å²) in [4.78, 5) is 4.68. The summed E-state index contributed by atoms with van der Waals surface area (Å²) in [5.41, 5.74) is 8.48. The van der Waals surface area contributed by atoms with Crippen molar-refractivity contribution in [1.82, 2.24) is 4.98 Å². The number of nitrogen functional groups attached to an aromatic ring is 1. The van der Waals surface area contributed by atoms with E-state index in [1.54, 1.807) is 0 Å². The summed E-state index contributed by atoms with van der Waals surface area (Å²) in [6, 6.07) is 3.83. The molecule has 0 amide bonds. The van der Waals surface area contributed by atoms with Crippen LogP contribution in [0.25, 0.3) is 11.1 Å². The van der Waals surface area contributed by atoms with E-state index in [0.717, 1.165) is 27.9 Å². The molecular formula is C15H19BrN2O. The van der Waals surface area contributed by atoms with Gasteiger partial charge in [-0.1, -0.05) is 42.6 Å². The Bertz CT molecular complexity index is 618. The van der Waals surface area contributed by atoms with E-state index in [-0.39, 0.29) is 5.41 Å². The number of benzene rings is 1. The summed E-state index contributed by atoms with van der Waals surface area (Å²) >= 11 is 3.45. The molecule has 0 radical (unpaired) electrons. The average molecular weight is 323 g/mol. The number of hydrogen-bond donors (Lipinski definition) is 1. The molecule has 19 heavy (non-hydrogen) atoms. The van der Waals surface area contributed by atoms with Crippen molar-refractivity contribution in [3.05, 3.63) is 22.5 Å². The standard InChI is InChI=1S/C15H19BrN2O/c1-15(2)6-4-3-5-10(15)14-18-12-8-9(16)7-11(17)13(12)19-14/h7-8,10H,3-6,17H2,1-2H3. The zero-order valence-corrected chi connectivity index (χ0v) is 13.0. The fourth-order valence-corrected chi connectivity index (χ4v) is 3.60. The molecule has 1 fully saturated rings. The molecule has 0 saturated heterocycles. The molecule has 2 aromatic rings. The largest absolute Gasteiger partial charge is 0.438 e. The summed E-state index contributed by atoms with van der Waals surface area (Å²) in [5.74, 6) is 1.25. The van der Waals surface area contributed by atoms with Gasteiger partial charge in [0.1, 0.15) is 5.52 Å². The molecule has 0 bridgehead atoms. The fraction of sp³-hybridized carbons (Fsp3) is 0.533. The molecule has 1 saturated carbocycles. The van der Waals surface area contributed by atoms with Crippen LogP contribution in [0.3, 0.4) is 0 Å². The number of halogens is 1. The van der Waals surface area contributed by atoms with E-state index in [0.29, 0.717) is 11.6 Å². The lowest BCUT2D eigenvalue weighted by molar-refractivity contribution is 0.175. The topological polar surface area (TPSA) is 52.0 Å². The lowest BCUT2D eigenvalue weighted by Gasteiger charge is -2.36. The molecule has 3 rings (SSSR count). The van der Waals surface area contributed by atoms with Crippen LogP contribution in [0.5, 0.6) is 0 Å². The van der Waals surface area contributed by atoms with E-state index in [1.807, 2.05) is 12.1 Å². The van der Waals surface area contributed by atoms with Crippen molar-refractivity contribution in [2.24, 2.45) is 5.41 Å². The number of nitrogens with two attached hydrogens (primary N) is 1. The third-order valence-corrected chi connectivity index (χ3v) is 4.76. The normalized spacial score (nSPS) is 22.8. The maximum Gasteiger partial charge on any atom is 0.199 e. The van der Waals surface area contributed by atoms with Crippen LogP contribution in [0, 0.1) is 5.41 Å². The van der Waals surface area contributed by atoms with Crippen molar-refractivity contribution < 1.29 is 4.42 Å². The second-order valence-corrected chi connectivity index (χ2v) is 7.10. The first-order valence-corrected chi connectivity index (χ1v) is 7.62. The highest BCUT2D eigenvalue weighted by Crippen LogP contribution is 2.47. The molecule has 1 aliphatic rings. The van der Waals surface area contributed by atoms with Gasteiger partial charge in [-0.2, -0.15) is 0 Å². The first kappa shape index (κ1) is 13.0. The van der Waals surface area contributed by atoms with Gasteiger partial charge in [-0.3, -0.25) is 0 Å². The minimum atomic E-state index is 0.255. The number of anilines is 1. The Hall–Kier alpha value is -1.03. The Kier molecular flexibility index (Phi) is 3.08. The summed E-state index contributed by atoms with van der Waals surface area (Å²) in [6.45, 7) is 4.62. The second kappa shape index (κ2) is 4.51. The predicted molar refractivity (Wildman–Crippen MR) is 81.1 cm³/mol. The van der Waals surface area contributed by atoms with Crippen LogP contribution in [-0.4, -0.2) is 4.98 Å². The molecule has 1 unspecified atom stereocenters. The summed E-state index contributed by atoms with van der Waals surface area (Å²) in [5, 5.41) is 0. The van der Waals surface area contributed by atoms with Crippen LogP contribution in [0.2, 0.25) is 0 Å². The van der Waals surface area contributed by atoms with Gasteiger partial charge >= 0.3 is 0 Å². The van der Waals surface area contributed by atoms with E-state index in [9.17, 15) is 0 Å². The molecule has 102 valence electrons. The quantitative estimate of drug-likeness (QED) is 0.763. The Morgan fingerprint density at radius 2 is 2.16 bits per heavy atom. The van der Waals surface area contributed by atoms with Crippen molar-refractivity contribution in [2.45, 2.75) is 45.4 Å². The van der Waals surface area contributed by atoms with Crippen molar-refractivity contribution in [3.63, 3.8) is 0 Å². The van der Waals surface area contributed by atoms with Crippen molar-refractivity contribution in [1.29, 1.82) is 0 Å². The molecule has 1 aliphatic carbocycles. The maximum atomic E-state index is 6.00. The minimum absolute atomic E-state index is 0.255. The Labute approximate surface area is 121 Å². The maximum absolute atomic E-state index is 6.00. The lowest BCUT2D eigenvalue weighted by atomic mass is 9.69. The molecule has 0 aliphatic heterocycles. The van der Waals surface area contributed by atoms with Gasteiger partial charge in [-0.25, -0.2) is 4.98 Å². The molecule has 0 spiro atoms. The van der Waals surface area contributed by atoms with E-state index >= 15 is 0 Å². The van der Waals surface area contributed by atoms with Gasteiger partial charge in [0.05, 0.1) is 5.69 Å². The van der Waals surface area contributed by atoms with Crippen molar-refractivity contribution in [3.8, 4) is 0 Å². The number of fused-ring (bicyclic) bond motifs is 1. The number of hydrogen-bond acceptors (Lipinski definition) is 3. The molecule has 1 heterocycles. The van der Waals surface area contributed by atoms with E-state index < -0.39 is 0 Å². The minimum Gasteiger partial charge on any atom is -0.438 e. The molecule has 3 nitrogen and oxygen atoms in total. The molecular weight excluding hydrogens is 304 g/mol. The first-order valence-electron chi connectivity index (χ1n) is 6.83. The smallest absolute Gasteiger partial charge is 0.199 e. The highest BCUT2D eigenvalue weighted by atomic mass is 79.9. The van der Waals surface area contributed by atoms with Crippen LogP contribution in [-0.2, 0) is 0 Å². The van der Waals surface area contributed by atoms with Gasteiger partial charge < -0.3 is 10.2 Å². The third-order valence-electron chi connectivity index (χ3n) is 4.31. The number of aromatic nitrogens is 1. The van der Waals surface area contributed by atoms with Crippen LogP contribution < -0.4 is 5.73 Å². The van der Waals surface area contributed by atoms with Crippen LogP contribution in [0.4, 0.5) is 5.69 Å². The van der Waals surface area contributed by atoms with E-state index in [2.05, 4.69) is 34.8 Å². The average Bonchev–Trinajstić information content (AvgIpc) is 2.72. The monoisotopic (exact) mass is 322 g/mol. The van der Waals surface area contributed by atoms with Gasteiger partial charge in [-0.05, 0) is 30.4 Å². The zero-order chi connectivity index (χ0) is 13.6. The highest BCUT2D eigenvalue weighted by molar-refractivity contribution is 9.10. The van der Waals surface area contributed by atoms with Crippen LogP contribution >= 0.6 is 15.9 Å². The van der Waals surface area contributed by atoms with Crippen LogP contribution in [0.15, 0.2) is 21.0 Å². The van der Waals surface area contributed by atoms with Gasteiger partial charge in [0.2, 0.25) is 0 Å². The highest BCUT2D eigenvalue weighted by Gasteiger charge is 2.36. The van der Waals surface area contributed by atoms with Gasteiger partial charge in [-0.15, -0.1) is 0 Å². The molecule has 4 heteroatoms. The van der Waals surface area contributed by atoms with Crippen LogP contribution in [0.1, 0.15) is 51.3 Å². The number of rotatable bonds is 1. The fourth-order valence-electron chi connectivity index (χ4n) is 3.14. The Balaban J connectivity index is 2.08. The summed E-state index contributed by atoms with van der Waals surface area (Å²) < 4.78 is 6.92. The van der Waals surface area contributed by atoms with E-state index in [1.165, 1.54) is 19.3 Å². The third kappa shape index (κ3) is 2.27. The molecule has 1 aromatic heterocycles. The molecule has 1 aromatic carbocycles. The second-order valence-electron chi connectivity index (χ2n) is 6.18. The van der Waals surface area contributed by atoms with Gasteiger partial charge in [0.15, 0.2) is 11.5 Å². The number of nitrogens with zero attached hydrogens (tertiary/aromatic N) is 1. The van der Waals surface area contributed by atoms with Gasteiger partial charge in [0, 0.05) is 10.4 Å². The SMILES string of the molecule is CC1(C)CCCCC1c1nc2cc(Br)cc(N)c2o1. The zero-order valence-electron chi connectivity index (χ0n) is 11.4. The summed E-state index contributed by atoms with van der Waals surface area (Å²) in [6.07, 6.45) is 4.94. The molecule has 1 atom stereocenters. The lowest BCUT2D eigenvalue weighted by Crippen LogP contribution is -2.26. The summed E-state index contributed by atoms with van der Waals surface area (Å²) in [7, 11) is 0.